The van der Waals surface area contributed by atoms with Gasteiger partial charge >= 0.3 is 6.03 Å². The molecule has 1 atom stereocenters. The lowest BCUT2D eigenvalue weighted by Gasteiger charge is -2.32. The molecule has 3 aromatic rings. The zero-order valence-corrected chi connectivity index (χ0v) is 22.0. The van der Waals surface area contributed by atoms with Gasteiger partial charge in [-0.1, -0.05) is 6.58 Å². The standard InChI is InChI=1S/C28H29N5O4S/c1-3-22(34)32-13-5-6-17(15-32)30-26(35)25-24-23-21(11-12-29-27(23)38-25)33(28(36)31-24)20-10-9-19(14-16(20)2)37-18-7-4-8-18/h3,9-12,14,17-18H,1,4-8,13,15H2,2H3,(H,30,35)(H,31,36). The summed E-state index contributed by atoms with van der Waals surface area (Å²) in [4.78, 5) is 47.8. The van der Waals surface area contributed by atoms with Gasteiger partial charge in [0.25, 0.3) is 5.91 Å². The highest BCUT2D eigenvalue weighted by Gasteiger charge is 2.34. The van der Waals surface area contributed by atoms with E-state index in [0.29, 0.717) is 34.2 Å². The van der Waals surface area contributed by atoms with Crippen molar-refractivity contribution in [3.05, 3.63) is 53.6 Å². The Hall–Kier alpha value is -3.92. The minimum atomic E-state index is -0.339. The third-order valence-corrected chi connectivity index (χ3v) is 8.56. The van der Waals surface area contributed by atoms with Crippen LogP contribution in [0.1, 0.15) is 47.3 Å². The molecule has 1 aliphatic carbocycles. The van der Waals surface area contributed by atoms with E-state index in [2.05, 4.69) is 22.2 Å². The highest BCUT2D eigenvalue weighted by molar-refractivity contribution is 7.21. The number of urea groups is 1. The van der Waals surface area contributed by atoms with Crippen molar-refractivity contribution in [1.82, 2.24) is 15.2 Å². The maximum absolute atomic E-state index is 13.5. The second kappa shape index (κ2) is 9.75. The first kappa shape index (κ1) is 24.4. The number of nitrogens with one attached hydrogen (secondary N) is 2. The van der Waals surface area contributed by atoms with Crippen molar-refractivity contribution in [2.45, 2.75) is 51.2 Å². The first-order chi connectivity index (χ1) is 18.4. The molecule has 4 amide bonds. The average Bonchev–Trinajstić information content (AvgIpc) is 3.26. The molecule has 10 heteroatoms. The SMILES string of the molecule is C=CC(=O)N1CCCC(NC(=O)c2sc3nccc4c3c2NC(=O)N4c2ccc(OC3CCC3)cc2C)C1. The number of aromatic nitrogens is 1. The minimum Gasteiger partial charge on any atom is -0.490 e. The fraction of sp³-hybridized carbons (Fsp3) is 0.357. The number of benzene rings is 1. The highest BCUT2D eigenvalue weighted by Crippen LogP contribution is 2.46. The fourth-order valence-corrected chi connectivity index (χ4v) is 6.31. The molecule has 9 nitrogen and oxygen atoms in total. The predicted octanol–water partition coefficient (Wildman–Crippen LogP) is 5.13. The first-order valence-electron chi connectivity index (χ1n) is 12.9. The molecule has 1 unspecified atom stereocenters. The lowest BCUT2D eigenvalue weighted by molar-refractivity contribution is -0.127. The van der Waals surface area contributed by atoms with E-state index < -0.39 is 0 Å². The minimum absolute atomic E-state index is 0.139. The Labute approximate surface area is 224 Å². The van der Waals surface area contributed by atoms with E-state index >= 15 is 0 Å². The van der Waals surface area contributed by atoms with Crippen molar-refractivity contribution in [1.29, 1.82) is 0 Å². The van der Waals surface area contributed by atoms with Gasteiger partial charge in [0, 0.05) is 25.3 Å². The van der Waals surface area contributed by atoms with E-state index in [1.165, 1.54) is 23.8 Å². The quantitative estimate of drug-likeness (QED) is 0.430. The Morgan fingerprint density at radius 3 is 2.79 bits per heavy atom. The number of aryl methyl sites for hydroxylation is 1. The molecule has 6 rings (SSSR count). The zero-order valence-electron chi connectivity index (χ0n) is 21.2. The number of hydrogen-bond acceptors (Lipinski definition) is 6. The van der Waals surface area contributed by atoms with Gasteiger partial charge in [0.15, 0.2) is 0 Å². The smallest absolute Gasteiger partial charge is 0.331 e. The van der Waals surface area contributed by atoms with Gasteiger partial charge in [0.1, 0.15) is 15.5 Å². The van der Waals surface area contributed by atoms with Crippen LogP contribution in [0.15, 0.2) is 43.1 Å². The van der Waals surface area contributed by atoms with Crippen LogP contribution in [0.2, 0.25) is 0 Å². The fourth-order valence-electron chi connectivity index (χ4n) is 5.29. The first-order valence-corrected chi connectivity index (χ1v) is 13.8. The van der Waals surface area contributed by atoms with Crippen LogP contribution in [0.25, 0.3) is 10.2 Å². The molecule has 196 valence electrons. The van der Waals surface area contributed by atoms with E-state index in [4.69, 9.17) is 4.74 Å². The van der Waals surface area contributed by atoms with Crippen LogP contribution in [-0.4, -0.2) is 53.0 Å². The van der Waals surface area contributed by atoms with E-state index in [1.807, 2.05) is 25.1 Å². The lowest BCUT2D eigenvalue weighted by atomic mass is 9.96. The van der Waals surface area contributed by atoms with Gasteiger partial charge in [-0.25, -0.2) is 9.78 Å². The number of anilines is 3. The summed E-state index contributed by atoms with van der Waals surface area (Å²) in [7, 11) is 0. The van der Waals surface area contributed by atoms with Crippen LogP contribution in [0.3, 0.4) is 0 Å². The second-order valence-electron chi connectivity index (χ2n) is 10.0. The summed E-state index contributed by atoms with van der Waals surface area (Å²) in [5.41, 5.74) is 2.81. The molecule has 2 aromatic heterocycles. The average molecular weight is 532 g/mol. The molecule has 2 aliphatic heterocycles. The van der Waals surface area contributed by atoms with E-state index in [0.717, 1.165) is 48.1 Å². The molecule has 0 spiro atoms. The van der Waals surface area contributed by atoms with Gasteiger partial charge in [-0.2, -0.15) is 0 Å². The molecule has 1 aromatic carbocycles. The molecule has 1 saturated heterocycles. The number of ether oxygens (including phenoxy) is 1. The normalized spacial score (nSPS) is 19.1. The van der Waals surface area contributed by atoms with Crippen LogP contribution >= 0.6 is 11.3 Å². The summed E-state index contributed by atoms with van der Waals surface area (Å²) >= 11 is 1.25. The number of carbonyl (C=O) groups is 3. The van der Waals surface area contributed by atoms with Gasteiger partial charge in [0.05, 0.1) is 28.6 Å². The van der Waals surface area contributed by atoms with Gasteiger partial charge in [-0.05, 0) is 74.9 Å². The molecule has 4 heterocycles. The van der Waals surface area contributed by atoms with Crippen LogP contribution in [-0.2, 0) is 4.79 Å². The highest BCUT2D eigenvalue weighted by atomic mass is 32.1. The van der Waals surface area contributed by atoms with Crippen molar-refractivity contribution < 1.29 is 19.1 Å². The van der Waals surface area contributed by atoms with E-state index in [9.17, 15) is 14.4 Å². The largest absolute Gasteiger partial charge is 0.490 e. The number of likely N-dealkylation sites (tertiary alicyclic amines) is 1. The lowest BCUT2D eigenvalue weighted by Crippen LogP contribution is -2.49. The summed E-state index contributed by atoms with van der Waals surface area (Å²) in [5, 5.41) is 6.75. The number of piperidine rings is 1. The number of carbonyl (C=O) groups excluding carboxylic acids is 3. The number of hydrogen-bond donors (Lipinski definition) is 2. The van der Waals surface area contributed by atoms with Crippen molar-refractivity contribution in [2.24, 2.45) is 0 Å². The monoisotopic (exact) mass is 531 g/mol. The molecular formula is C28H29N5O4S. The Morgan fingerprint density at radius 2 is 2.05 bits per heavy atom. The third kappa shape index (κ3) is 4.28. The maximum Gasteiger partial charge on any atom is 0.331 e. The van der Waals surface area contributed by atoms with Crippen molar-refractivity contribution >= 4 is 56.5 Å². The van der Waals surface area contributed by atoms with Crippen molar-refractivity contribution in [2.75, 3.05) is 23.3 Å². The summed E-state index contributed by atoms with van der Waals surface area (Å²) in [6, 6.07) is 7.05. The van der Waals surface area contributed by atoms with Crippen LogP contribution in [0.4, 0.5) is 21.9 Å². The molecule has 0 bridgehead atoms. The molecule has 1 saturated carbocycles. The van der Waals surface area contributed by atoms with Crippen LogP contribution in [0.5, 0.6) is 5.75 Å². The molecule has 0 radical (unpaired) electrons. The summed E-state index contributed by atoms with van der Waals surface area (Å²) < 4.78 is 6.03. The Kier molecular flexibility index (Phi) is 6.27. The van der Waals surface area contributed by atoms with E-state index in [-0.39, 0.29) is 30.0 Å². The Bertz CT molecular complexity index is 1460. The number of nitrogens with zero attached hydrogens (tertiary/aromatic N) is 3. The van der Waals surface area contributed by atoms with E-state index in [1.54, 1.807) is 22.1 Å². The summed E-state index contributed by atoms with van der Waals surface area (Å²) in [6.07, 6.45) is 8.15. The number of rotatable bonds is 6. The predicted molar refractivity (Wildman–Crippen MR) is 147 cm³/mol. The molecule has 2 fully saturated rings. The van der Waals surface area contributed by atoms with Crippen LogP contribution < -0.4 is 20.3 Å². The summed E-state index contributed by atoms with van der Waals surface area (Å²) in [5.74, 6) is 0.383. The second-order valence-corrected chi connectivity index (χ2v) is 11.0. The summed E-state index contributed by atoms with van der Waals surface area (Å²) in [6.45, 7) is 6.60. The van der Waals surface area contributed by atoms with Gasteiger partial charge in [0.2, 0.25) is 5.91 Å². The number of amides is 4. The topological polar surface area (TPSA) is 104 Å². The third-order valence-electron chi connectivity index (χ3n) is 7.46. The van der Waals surface area contributed by atoms with Crippen molar-refractivity contribution in [3.63, 3.8) is 0 Å². The van der Waals surface area contributed by atoms with Gasteiger partial charge < -0.3 is 20.3 Å². The molecule has 38 heavy (non-hydrogen) atoms. The Morgan fingerprint density at radius 1 is 1.21 bits per heavy atom. The van der Waals surface area contributed by atoms with Crippen molar-refractivity contribution in [3.8, 4) is 5.75 Å². The zero-order chi connectivity index (χ0) is 26.4. The van der Waals surface area contributed by atoms with Gasteiger partial charge in [-0.15, -0.1) is 11.3 Å². The maximum atomic E-state index is 13.5. The number of thiophene rings is 1. The molecular weight excluding hydrogens is 502 g/mol. The molecule has 2 N–H and O–H groups in total. The van der Waals surface area contributed by atoms with Crippen LogP contribution in [0, 0.1) is 6.92 Å². The Balaban J connectivity index is 1.29. The molecule has 3 aliphatic rings. The van der Waals surface area contributed by atoms with Gasteiger partial charge in [-0.3, -0.25) is 14.5 Å². The number of pyridine rings is 1.